The van der Waals surface area contributed by atoms with Crippen LogP contribution < -0.4 is 0 Å². The van der Waals surface area contributed by atoms with Crippen molar-refractivity contribution in [3.8, 4) is 0 Å². The zero-order chi connectivity index (χ0) is 9.68. The van der Waals surface area contributed by atoms with E-state index in [1.807, 2.05) is 6.92 Å². The highest BCUT2D eigenvalue weighted by molar-refractivity contribution is 8.00. The standard InChI is InChI=1S/C8H13ClO3S/c1-6-4-11-5-8(13-6)12-7(10)2-3-9/h6,8H,2-5H2,1H3. The molecule has 0 aromatic rings. The molecule has 1 aliphatic rings. The molecule has 0 amide bonds. The number of thioether (sulfide) groups is 1. The van der Waals surface area contributed by atoms with Crippen LogP contribution in [0.1, 0.15) is 13.3 Å². The smallest absolute Gasteiger partial charge is 0.308 e. The van der Waals surface area contributed by atoms with Gasteiger partial charge in [0.15, 0.2) is 5.44 Å². The monoisotopic (exact) mass is 224 g/mol. The number of hydrogen-bond donors (Lipinski definition) is 0. The van der Waals surface area contributed by atoms with Crippen LogP contribution in [-0.4, -0.2) is 35.7 Å². The molecule has 0 aromatic heterocycles. The predicted molar refractivity (Wildman–Crippen MR) is 53.1 cm³/mol. The molecule has 0 N–H and O–H groups in total. The topological polar surface area (TPSA) is 35.5 Å². The minimum Gasteiger partial charge on any atom is -0.449 e. The van der Waals surface area contributed by atoms with Gasteiger partial charge in [-0.2, -0.15) is 0 Å². The van der Waals surface area contributed by atoms with Crippen molar-refractivity contribution < 1.29 is 14.3 Å². The minimum absolute atomic E-state index is 0.153. The van der Waals surface area contributed by atoms with Gasteiger partial charge >= 0.3 is 5.97 Å². The van der Waals surface area contributed by atoms with Crippen molar-refractivity contribution in [3.05, 3.63) is 0 Å². The Kier molecular flexibility index (Phi) is 4.91. The average Bonchev–Trinajstić information content (AvgIpc) is 2.04. The first-order valence-electron chi connectivity index (χ1n) is 4.21. The van der Waals surface area contributed by atoms with Gasteiger partial charge in [0, 0.05) is 11.1 Å². The van der Waals surface area contributed by atoms with Crippen molar-refractivity contribution in [2.45, 2.75) is 24.0 Å². The number of carbonyl (C=O) groups is 1. The fourth-order valence-electron chi connectivity index (χ4n) is 1.01. The summed E-state index contributed by atoms with van der Waals surface area (Å²) in [5.74, 6) is 0.0669. The maximum atomic E-state index is 11.0. The molecule has 2 atom stereocenters. The summed E-state index contributed by atoms with van der Waals surface area (Å²) in [6.07, 6.45) is 0.271. The largest absolute Gasteiger partial charge is 0.449 e. The first-order chi connectivity index (χ1) is 6.22. The lowest BCUT2D eigenvalue weighted by Gasteiger charge is -2.26. The normalized spacial score (nSPS) is 28.5. The van der Waals surface area contributed by atoms with Crippen LogP contribution in [0.25, 0.3) is 0 Å². The molecule has 0 bridgehead atoms. The maximum absolute atomic E-state index is 11.0. The summed E-state index contributed by atoms with van der Waals surface area (Å²) in [7, 11) is 0. The van der Waals surface area contributed by atoms with Crippen molar-refractivity contribution in [1.29, 1.82) is 0 Å². The number of alkyl halides is 1. The molecule has 0 saturated carbocycles. The molecule has 76 valence electrons. The van der Waals surface area contributed by atoms with Gasteiger partial charge < -0.3 is 9.47 Å². The lowest BCUT2D eigenvalue weighted by atomic mass is 10.5. The van der Waals surface area contributed by atoms with Gasteiger partial charge in [-0.05, 0) is 0 Å². The van der Waals surface area contributed by atoms with Crippen LogP contribution in [0.4, 0.5) is 0 Å². The van der Waals surface area contributed by atoms with E-state index in [9.17, 15) is 4.79 Å². The van der Waals surface area contributed by atoms with Crippen LogP contribution >= 0.6 is 23.4 Å². The third-order valence-corrected chi connectivity index (χ3v) is 2.88. The first kappa shape index (κ1) is 11.1. The second-order valence-corrected chi connectivity index (χ2v) is 4.82. The van der Waals surface area contributed by atoms with Crippen LogP contribution in [0.2, 0.25) is 0 Å². The molecule has 0 radical (unpaired) electrons. The summed E-state index contributed by atoms with van der Waals surface area (Å²) in [6.45, 7) is 3.27. The second-order valence-electron chi connectivity index (χ2n) is 2.84. The van der Waals surface area contributed by atoms with Gasteiger partial charge in [-0.1, -0.05) is 6.92 Å². The van der Waals surface area contributed by atoms with Crippen molar-refractivity contribution in [2.24, 2.45) is 0 Å². The Balaban J connectivity index is 2.23. The molecule has 1 fully saturated rings. The van der Waals surface area contributed by atoms with Crippen molar-refractivity contribution in [1.82, 2.24) is 0 Å². The van der Waals surface area contributed by atoms with Crippen LogP contribution in [-0.2, 0) is 14.3 Å². The zero-order valence-electron chi connectivity index (χ0n) is 7.49. The van der Waals surface area contributed by atoms with Crippen molar-refractivity contribution in [2.75, 3.05) is 19.1 Å². The molecule has 13 heavy (non-hydrogen) atoms. The van der Waals surface area contributed by atoms with E-state index in [2.05, 4.69) is 0 Å². The maximum Gasteiger partial charge on any atom is 0.308 e. The Hall–Kier alpha value is 0.0700. The average molecular weight is 225 g/mol. The molecule has 0 aliphatic carbocycles. The highest BCUT2D eigenvalue weighted by atomic mass is 35.5. The third kappa shape index (κ3) is 4.20. The van der Waals surface area contributed by atoms with Gasteiger partial charge in [0.05, 0.1) is 19.6 Å². The molecule has 1 aliphatic heterocycles. The van der Waals surface area contributed by atoms with Crippen molar-refractivity contribution in [3.63, 3.8) is 0 Å². The summed E-state index contributed by atoms with van der Waals surface area (Å²) < 4.78 is 10.4. The van der Waals surface area contributed by atoms with Gasteiger partial charge in [0.25, 0.3) is 0 Å². The Morgan fingerprint density at radius 2 is 2.46 bits per heavy atom. The van der Waals surface area contributed by atoms with Crippen LogP contribution in [0.5, 0.6) is 0 Å². The Bertz CT molecular complexity index is 177. The fraction of sp³-hybridized carbons (Fsp3) is 0.875. The Labute approximate surface area is 87.1 Å². The van der Waals surface area contributed by atoms with E-state index in [0.29, 0.717) is 17.7 Å². The minimum atomic E-state index is -0.245. The fourth-order valence-corrected chi connectivity index (χ4v) is 2.20. The number of rotatable bonds is 3. The molecule has 0 aromatic carbocycles. The molecule has 0 spiro atoms. The van der Waals surface area contributed by atoms with Crippen LogP contribution in [0, 0.1) is 0 Å². The molecule has 5 heteroatoms. The summed E-state index contributed by atoms with van der Waals surface area (Å²) in [4.78, 5) is 11.0. The van der Waals surface area contributed by atoms with Gasteiger partial charge in [-0.3, -0.25) is 4.79 Å². The van der Waals surface area contributed by atoms with Gasteiger partial charge in [0.2, 0.25) is 0 Å². The van der Waals surface area contributed by atoms with E-state index in [-0.39, 0.29) is 17.8 Å². The first-order valence-corrected chi connectivity index (χ1v) is 5.68. The summed E-state index contributed by atoms with van der Waals surface area (Å²) in [5, 5.41) is 0.391. The highest BCUT2D eigenvalue weighted by Gasteiger charge is 2.22. The SMILES string of the molecule is CC1COCC(OC(=O)CCCl)S1. The van der Waals surface area contributed by atoms with E-state index in [4.69, 9.17) is 21.1 Å². The van der Waals surface area contributed by atoms with Gasteiger partial charge in [0.1, 0.15) is 0 Å². The predicted octanol–water partition coefficient (Wildman–Crippen LogP) is 1.64. The highest BCUT2D eigenvalue weighted by Crippen LogP contribution is 2.24. The van der Waals surface area contributed by atoms with E-state index < -0.39 is 0 Å². The number of hydrogen-bond acceptors (Lipinski definition) is 4. The lowest BCUT2D eigenvalue weighted by molar-refractivity contribution is -0.147. The van der Waals surface area contributed by atoms with E-state index in [1.54, 1.807) is 11.8 Å². The van der Waals surface area contributed by atoms with E-state index in [1.165, 1.54) is 0 Å². The molecule has 1 rings (SSSR count). The van der Waals surface area contributed by atoms with Gasteiger partial charge in [-0.15, -0.1) is 23.4 Å². The molecule has 1 saturated heterocycles. The zero-order valence-corrected chi connectivity index (χ0v) is 9.07. The quantitative estimate of drug-likeness (QED) is 0.539. The number of ether oxygens (including phenoxy) is 2. The van der Waals surface area contributed by atoms with Crippen molar-refractivity contribution >= 4 is 29.3 Å². The summed E-state index contributed by atoms with van der Waals surface area (Å²) in [5.41, 5.74) is -0.153. The van der Waals surface area contributed by atoms with Crippen LogP contribution in [0.3, 0.4) is 0 Å². The number of halogens is 1. The van der Waals surface area contributed by atoms with E-state index in [0.717, 1.165) is 6.61 Å². The molecule has 3 nitrogen and oxygen atoms in total. The lowest BCUT2D eigenvalue weighted by Crippen LogP contribution is -2.29. The Morgan fingerprint density at radius 1 is 1.69 bits per heavy atom. The van der Waals surface area contributed by atoms with Crippen LogP contribution in [0.15, 0.2) is 0 Å². The number of carbonyl (C=O) groups excluding carboxylic acids is 1. The Morgan fingerprint density at radius 3 is 3.08 bits per heavy atom. The summed E-state index contributed by atoms with van der Waals surface area (Å²) >= 11 is 7.03. The molecular formula is C8H13ClO3S. The molecule has 1 heterocycles. The molecule has 2 unspecified atom stereocenters. The third-order valence-electron chi connectivity index (χ3n) is 1.55. The molecular weight excluding hydrogens is 212 g/mol. The number of esters is 1. The van der Waals surface area contributed by atoms with Gasteiger partial charge in [-0.25, -0.2) is 0 Å². The summed E-state index contributed by atoms with van der Waals surface area (Å²) in [6, 6.07) is 0. The van der Waals surface area contributed by atoms with E-state index >= 15 is 0 Å². The second kappa shape index (κ2) is 5.73.